The first-order chi connectivity index (χ1) is 11.6. The first-order valence-electron chi connectivity index (χ1n) is 7.29. The molecule has 0 bridgehead atoms. The van der Waals surface area contributed by atoms with Crippen LogP contribution in [0.1, 0.15) is 10.4 Å². The molecule has 0 unspecified atom stereocenters. The van der Waals surface area contributed by atoms with Gasteiger partial charge in [0.15, 0.2) is 5.78 Å². The Hall–Kier alpha value is -2.86. The van der Waals surface area contributed by atoms with Crippen LogP contribution in [0.25, 0.3) is 20.3 Å². The van der Waals surface area contributed by atoms with E-state index in [2.05, 4.69) is 4.98 Å². The zero-order valence-electron chi connectivity index (χ0n) is 12.4. The number of hydrogen-bond acceptors (Lipinski definition) is 4. The summed E-state index contributed by atoms with van der Waals surface area (Å²) in [7, 11) is 0. The minimum absolute atomic E-state index is 0.123. The summed E-state index contributed by atoms with van der Waals surface area (Å²) in [5.41, 5.74) is 0.780. The highest BCUT2D eigenvalue weighted by atomic mass is 32.1. The molecule has 0 saturated heterocycles. The largest absolute Gasteiger partial charge is 0.292 e. The Morgan fingerprint density at radius 3 is 2.67 bits per heavy atom. The highest BCUT2D eigenvalue weighted by molar-refractivity contribution is 7.25. The van der Waals surface area contributed by atoms with Gasteiger partial charge in [0.05, 0.1) is 18.4 Å². The van der Waals surface area contributed by atoms with E-state index in [1.807, 2.05) is 24.3 Å². The molecule has 2 aromatic carbocycles. The summed E-state index contributed by atoms with van der Waals surface area (Å²) >= 11 is 1.37. The number of aromatic nitrogens is 2. The Morgan fingerprint density at radius 2 is 1.88 bits per heavy atom. The van der Waals surface area contributed by atoms with Gasteiger partial charge in [-0.2, -0.15) is 0 Å². The van der Waals surface area contributed by atoms with E-state index in [0.29, 0.717) is 15.8 Å². The van der Waals surface area contributed by atoms with Crippen LogP contribution >= 0.6 is 11.3 Å². The van der Waals surface area contributed by atoms with Crippen LogP contribution in [0.5, 0.6) is 0 Å². The first kappa shape index (κ1) is 14.7. The second-order valence-corrected chi connectivity index (χ2v) is 6.44. The molecule has 0 aliphatic rings. The van der Waals surface area contributed by atoms with Gasteiger partial charge in [0, 0.05) is 15.6 Å². The second kappa shape index (κ2) is 5.65. The molecule has 0 aliphatic carbocycles. The van der Waals surface area contributed by atoms with Crippen molar-refractivity contribution in [2.45, 2.75) is 6.54 Å². The molecule has 0 atom stereocenters. The Bertz CT molecular complexity index is 1130. The number of nitrogens with zero attached hydrogens (tertiary/aromatic N) is 2. The normalized spacial score (nSPS) is 11.2. The number of hydrogen-bond donors (Lipinski definition) is 0. The molecule has 4 aromatic rings. The molecule has 0 aliphatic heterocycles. The van der Waals surface area contributed by atoms with Crippen LogP contribution in [-0.4, -0.2) is 15.3 Å². The first-order valence-corrected chi connectivity index (χ1v) is 8.10. The lowest BCUT2D eigenvalue weighted by molar-refractivity contribution is 0.0970. The van der Waals surface area contributed by atoms with Gasteiger partial charge in [0.1, 0.15) is 10.5 Å². The highest BCUT2D eigenvalue weighted by Crippen LogP contribution is 2.29. The third kappa shape index (κ3) is 2.41. The van der Waals surface area contributed by atoms with Crippen LogP contribution in [0, 0.1) is 5.82 Å². The third-order valence-electron chi connectivity index (χ3n) is 3.83. The van der Waals surface area contributed by atoms with E-state index in [4.69, 9.17) is 0 Å². The number of fused-ring (bicyclic) bond motifs is 3. The maximum Gasteiger partial charge on any atom is 0.271 e. The maximum absolute atomic E-state index is 12.9. The van der Waals surface area contributed by atoms with Gasteiger partial charge in [-0.25, -0.2) is 9.37 Å². The summed E-state index contributed by atoms with van der Waals surface area (Å²) in [6.45, 7) is -0.123. The van der Waals surface area contributed by atoms with Gasteiger partial charge in [-0.3, -0.25) is 14.2 Å². The molecule has 118 valence electrons. The zero-order chi connectivity index (χ0) is 16.7. The summed E-state index contributed by atoms with van der Waals surface area (Å²) in [5, 5.41) is 0.937. The number of thiophene rings is 1. The molecule has 0 radical (unpaired) electrons. The van der Waals surface area contributed by atoms with E-state index >= 15 is 0 Å². The van der Waals surface area contributed by atoms with Gasteiger partial charge in [-0.05, 0) is 30.3 Å². The lowest BCUT2D eigenvalue weighted by atomic mass is 10.1. The number of carbonyl (C=O) groups excluding carboxylic acids is 1. The quantitative estimate of drug-likeness (QED) is 0.536. The monoisotopic (exact) mass is 338 g/mol. The fourth-order valence-electron chi connectivity index (χ4n) is 2.61. The molecule has 2 aromatic heterocycles. The van der Waals surface area contributed by atoms with Gasteiger partial charge >= 0.3 is 0 Å². The Kier molecular flexibility index (Phi) is 3.46. The lowest BCUT2D eigenvalue weighted by Gasteiger charge is -2.04. The number of Topliss-reactive ketones (excluding diaryl/α,β-unsaturated/α-hetero) is 1. The number of carbonyl (C=O) groups is 1. The van der Waals surface area contributed by atoms with E-state index in [1.165, 1.54) is 46.5 Å². The molecule has 0 fully saturated rings. The van der Waals surface area contributed by atoms with Crippen molar-refractivity contribution in [3.05, 3.63) is 76.6 Å². The van der Waals surface area contributed by atoms with E-state index in [0.717, 1.165) is 10.1 Å². The van der Waals surface area contributed by atoms with Crippen molar-refractivity contribution in [3.63, 3.8) is 0 Å². The highest BCUT2D eigenvalue weighted by Gasteiger charge is 2.13. The Balaban J connectivity index is 1.76. The van der Waals surface area contributed by atoms with Gasteiger partial charge in [-0.1, -0.05) is 18.2 Å². The molecule has 0 N–H and O–H groups in total. The topological polar surface area (TPSA) is 52.0 Å². The number of halogens is 1. The van der Waals surface area contributed by atoms with Crippen molar-refractivity contribution in [1.29, 1.82) is 0 Å². The van der Waals surface area contributed by atoms with Crippen LogP contribution in [0.2, 0.25) is 0 Å². The number of ketones is 1. The van der Waals surface area contributed by atoms with Crippen molar-refractivity contribution in [3.8, 4) is 0 Å². The Labute approximate surface area is 139 Å². The Morgan fingerprint density at radius 1 is 1.12 bits per heavy atom. The molecule has 24 heavy (non-hydrogen) atoms. The van der Waals surface area contributed by atoms with Gasteiger partial charge in [0.2, 0.25) is 0 Å². The predicted octanol–water partition coefficient (Wildman–Crippen LogP) is 3.63. The molecule has 0 amide bonds. The molecule has 0 spiro atoms. The minimum Gasteiger partial charge on any atom is -0.292 e. The van der Waals surface area contributed by atoms with Crippen molar-refractivity contribution in [1.82, 2.24) is 9.55 Å². The molecule has 4 rings (SSSR count). The van der Waals surface area contributed by atoms with E-state index in [-0.39, 0.29) is 17.9 Å². The van der Waals surface area contributed by atoms with Gasteiger partial charge < -0.3 is 0 Å². The van der Waals surface area contributed by atoms with Crippen molar-refractivity contribution in [2.24, 2.45) is 0 Å². The van der Waals surface area contributed by atoms with E-state index in [9.17, 15) is 14.0 Å². The minimum atomic E-state index is -0.405. The standard InChI is InChI=1S/C18H11FN2O2S/c19-12-7-5-11(6-8-12)14(22)9-21-10-20-16-13-3-1-2-4-15(13)24-17(16)18(21)23/h1-8,10H,9H2. The van der Waals surface area contributed by atoms with Gasteiger partial charge in [0.25, 0.3) is 5.56 Å². The van der Waals surface area contributed by atoms with Crippen LogP contribution in [0.15, 0.2) is 59.7 Å². The number of rotatable bonds is 3. The zero-order valence-corrected chi connectivity index (χ0v) is 13.2. The van der Waals surface area contributed by atoms with Crippen LogP contribution in [0.4, 0.5) is 4.39 Å². The van der Waals surface area contributed by atoms with Crippen molar-refractivity contribution in [2.75, 3.05) is 0 Å². The van der Waals surface area contributed by atoms with E-state index in [1.54, 1.807) is 0 Å². The summed E-state index contributed by atoms with van der Waals surface area (Å²) in [5.74, 6) is -0.670. The van der Waals surface area contributed by atoms with Crippen LogP contribution in [0.3, 0.4) is 0 Å². The van der Waals surface area contributed by atoms with Crippen LogP contribution in [-0.2, 0) is 6.54 Å². The maximum atomic E-state index is 12.9. The summed E-state index contributed by atoms with van der Waals surface area (Å²) in [6.07, 6.45) is 1.39. The van der Waals surface area contributed by atoms with Crippen molar-refractivity contribution < 1.29 is 9.18 Å². The summed E-state index contributed by atoms with van der Waals surface area (Å²) < 4.78 is 15.8. The average molecular weight is 338 g/mol. The molecular weight excluding hydrogens is 327 g/mol. The molecule has 0 saturated carbocycles. The van der Waals surface area contributed by atoms with Gasteiger partial charge in [-0.15, -0.1) is 11.3 Å². The molecular formula is C18H11FN2O2S. The van der Waals surface area contributed by atoms with Crippen molar-refractivity contribution >= 4 is 37.4 Å². The van der Waals surface area contributed by atoms with E-state index < -0.39 is 5.82 Å². The fraction of sp³-hybridized carbons (Fsp3) is 0.0556. The summed E-state index contributed by atoms with van der Waals surface area (Å²) in [4.78, 5) is 29.3. The summed E-state index contributed by atoms with van der Waals surface area (Å²) in [6, 6.07) is 13.0. The predicted molar refractivity (Wildman–Crippen MR) is 92.1 cm³/mol. The second-order valence-electron chi connectivity index (χ2n) is 5.38. The smallest absolute Gasteiger partial charge is 0.271 e. The fourth-order valence-corrected chi connectivity index (χ4v) is 3.71. The average Bonchev–Trinajstić information content (AvgIpc) is 2.97. The molecule has 2 heterocycles. The van der Waals surface area contributed by atoms with Crippen LogP contribution < -0.4 is 5.56 Å². The number of benzene rings is 2. The lowest BCUT2D eigenvalue weighted by Crippen LogP contribution is -2.24. The third-order valence-corrected chi connectivity index (χ3v) is 4.98. The molecule has 6 heteroatoms. The SMILES string of the molecule is O=C(Cn1cnc2c(sc3ccccc32)c1=O)c1ccc(F)cc1. The molecule has 4 nitrogen and oxygen atoms in total.